The van der Waals surface area contributed by atoms with E-state index in [0.717, 1.165) is 11.4 Å². The maximum Gasteiger partial charge on any atom is 0.275 e. The second kappa shape index (κ2) is 6.89. The zero-order chi connectivity index (χ0) is 16.1. The van der Waals surface area contributed by atoms with Crippen molar-refractivity contribution in [3.8, 4) is 5.75 Å². The number of carbonyl (C=O) groups is 1. The largest absolute Gasteiger partial charge is 0.497 e. The Balaban J connectivity index is 1.66. The zero-order valence-corrected chi connectivity index (χ0v) is 13.1. The molecule has 0 radical (unpaired) electrons. The monoisotopic (exact) mass is 326 g/mol. The van der Waals surface area contributed by atoms with Gasteiger partial charge in [-0.25, -0.2) is 4.98 Å². The first-order valence-electron chi connectivity index (χ1n) is 6.82. The molecule has 23 heavy (non-hydrogen) atoms. The Kier molecular flexibility index (Phi) is 4.49. The van der Waals surface area contributed by atoms with Crippen LogP contribution in [-0.2, 0) is 0 Å². The van der Waals surface area contributed by atoms with Crippen molar-refractivity contribution in [3.05, 3.63) is 59.9 Å². The van der Waals surface area contributed by atoms with Crippen LogP contribution in [0.15, 0.2) is 54.2 Å². The van der Waals surface area contributed by atoms with Crippen LogP contribution >= 0.6 is 11.3 Å². The van der Waals surface area contributed by atoms with Gasteiger partial charge in [0.25, 0.3) is 5.91 Å². The van der Waals surface area contributed by atoms with Crippen molar-refractivity contribution in [2.45, 2.75) is 0 Å². The zero-order valence-electron chi connectivity index (χ0n) is 12.3. The minimum Gasteiger partial charge on any atom is -0.497 e. The molecule has 2 heterocycles. The van der Waals surface area contributed by atoms with Gasteiger partial charge in [-0.2, -0.15) is 0 Å². The summed E-state index contributed by atoms with van der Waals surface area (Å²) in [6.07, 6.45) is 3.39. The van der Waals surface area contributed by atoms with E-state index in [4.69, 9.17) is 4.74 Å². The number of ether oxygens (including phenoxy) is 1. The van der Waals surface area contributed by atoms with Gasteiger partial charge in [-0.15, -0.1) is 11.3 Å². The van der Waals surface area contributed by atoms with Gasteiger partial charge >= 0.3 is 0 Å². The van der Waals surface area contributed by atoms with Crippen LogP contribution < -0.4 is 15.4 Å². The molecule has 0 fully saturated rings. The molecule has 0 aliphatic carbocycles. The Hall–Kier alpha value is -2.93. The minimum absolute atomic E-state index is 0.259. The lowest BCUT2D eigenvalue weighted by Gasteiger charge is -2.04. The van der Waals surface area contributed by atoms with Gasteiger partial charge in [0.2, 0.25) is 0 Å². The van der Waals surface area contributed by atoms with Crippen molar-refractivity contribution in [2.24, 2.45) is 0 Å². The second-order valence-corrected chi connectivity index (χ2v) is 5.45. The van der Waals surface area contributed by atoms with Crippen molar-refractivity contribution in [2.75, 3.05) is 17.7 Å². The van der Waals surface area contributed by atoms with Crippen molar-refractivity contribution in [1.29, 1.82) is 0 Å². The first-order chi connectivity index (χ1) is 11.2. The molecule has 1 amide bonds. The Morgan fingerprint density at radius 1 is 1.17 bits per heavy atom. The lowest BCUT2D eigenvalue weighted by atomic mass is 10.3. The standard InChI is InChI=1S/C16H14N4O2S/c1-22-13-6-4-11(5-7-13)18-15(21)14-10-23-16(20-14)19-12-3-2-8-17-9-12/h2-10H,1H3,(H,18,21)(H,19,20). The van der Waals surface area contributed by atoms with E-state index in [9.17, 15) is 4.79 Å². The van der Waals surface area contributed by atoms with Crippen molar-refractivity contribution >= 4 is 33.8 Å². The fraction of sp³-hybridized carbons (Fsp3) is 0.0625. The number of carbonyl (C=O) groups excluding carboxylic acids is 1. The molecule has 0 bridgehead atoms. The van der Waals surface area contributed by atoms with E-state index in [1.807, 2.05) is 12.1 Å². The molecule has 7 heteroatoms. The van der Waals surface area contributed by atoms with E-state index in [0.29, 0.717) is 16.5 Å². The molecule has 1 aromatic carbocycles. The van der Waals surface area contributed by atoms with Gasteiger partial charge < -0.3 is 15.4 Å². The molecule has 0 aliphatic heterocycles. The van der Waals surface area contributed by atoms with E-state index in [1.54, 1.807) is 49.1 Å². The third kappa shape index (κ3) is 3.83. The summed E-state index contributed by atoms with van der Waals surface area (Å²) in [6.45, 7) is 0. The van der Waals surface area contributed by atoms with Crippen LogP contribution in [0.2, 0.25) is 0 Å². The van der Waals surface area contributed by atoms with Gasteiger partial charge in [-0.05, 0) is 36.4 Å². The number of thiazole rings is 1. The first kappa shape index (κ1) is 15.0. The summed E-state index contributed by atoms with van der Waals surface area (Å²) in [5.41, 5.74) is 1.87. The number of aromatic nitrogens is 2. The topological polar surface area (TPSA) is 76.1 Å². The SMILES string of the molecule is COc1ccc(NC(=O)c2csc(Nc3cccnc3)n2)cc1. The molecule has 0 saturated heterocycles. The molecule has 0 unspecified atom stereocenters. The minimum atomic E-state index is -0.259. The highest BCUT2D eigenvalue weighted by atomic mass is 32.1. The Labute approximate surface area is 137 Å². The normalized spacial score (nSPS) is 10.1. The summed E-state index contributed by atoms with van der Waals surface area (Å²) in [7, 11) is 1.60. The number of benzene rings is 1. The smallest absolute Gasteiger partial charge is 0.275 e. The number of pyridine rings is 1. The quantitative estimate of drug-likeness (QED) is 0.750. The van der Waals surface area contributed by atoms with Crippen molar-refractivity contribution < 1.29 is 9.53 Å². The van der Waals surface area contributed by atoms with Crippen LogP contribution in [0.5, 0.6) is 5.75 Å². The number of rotatable bonds is 5. The summed E-state index contributed by atoms with van der Waals surface area (Å²) in [4.78, 5) is 20.5. The number of hydrogen-bond acceptors (Lipinski definition) is 6. The van der Waals surface area contributed by atoms with E-state index in [2.05, 4.69) is 20.6 Å². The Morgan fingerprint density at radius 3 is 2.70 bits per heavy atom. The molecule has 6 nitrogen and oxygen atoms in total. The van der Waals surface area contributed by atoms with Crippen LogP contribution in [0.3, 0.4) is 0 Å². The third-order valence-electron chi connectivity index (χ3n) is 3.00. The molecule has 3 aromatic rings. The number of methoxy groups -OCH3 is 1. The lowest BCUT2D eigenvalue weighted by Crippen LogP contribution is -2.12. The highest BCUT2D eigenvalue weighted by Gasteiger charge is 2.11. The van der Waals surface area contributed by atoms with Gasteiger partial charge in [0.1, 0.15) is 11.4 Å². The molecule has 2 N–H and O–H groups in total. The summed E-state index contributed by atoms with van der Waals surface area (Å²) in [5.74, 6) is 0.477. The van der Waals surface area contributed by atoms with Gasteiger partial charge in [0, 0.05) is 17.3 Å². The highest BCUT2D eigenvalue weighted by molar-refractivity contribution is 7.14. The van der Waals surface area contributed by atoms with Gasteiger partial charge in [-0.3, -0.25) is 9.78 Å². The fourth-order valence-corrected chi connectivity index (χ4v) is 2.58. The molecular formula is C16H14N4O2S. The van der Waals surface area contributed by atoms with Crippen LogP contribution in [0.25, 0.3) is 0 Å². The molecule has 0 atom stereocenters. The number of hydrogen-bond donors (Lipinski definition) is 2. The van der Waals surface area contributed by atoms with E-state index in [-0.39, 0.29) is 5.91 Å². The fourth-order valence-electron chi connectivity index (χ4n) is 1.87. The van der Waals surface area contributed by atoms with Crippen molar-refractivity contribution in [1.82, 2.24) is 9.97 Å². The second-order valence-electron chi connectivity index (χ2n) is 4.59. The van der Waals surface area contributed by atoms with E-state index >= 15 is 0 Å². The van der Waals surface area contributed by atoms with E-state index < -0.39 is 0 Å². The lowest BCUT2D eigenvalue weighted by molar-refractivity contribution is 0.102. The summed E-state index contributed by atoms with van der Waals surface area (Å²) >= 11 is 1.36. The average Bonchev–Trinajstić information content (AvgIpc) is 3.05. The van der Waals surface area contributed by atoms with Crippen LogP contribution in [0, 0.1) is 0 Å². The van der Waals surface area contributed by atoms with Crippen LogP contribution in [0.1, 0.15) is 10.5 Å². The van der Waals surface area contributed by atoms with Crippen LogP contribution in [-0.4, -0.2) is 23.0 Å². The maximum absolute atomic E-state index is 12.2. The Bertz CT molecular complexity index is 787. The number of nitrogens with zero attached hydrogens (tertiary/aromatic N) is 2. The van der Waals surface area contributed by atoms with Gasteiger partial charge in [0.15, 0.2) is 5.13 Å². The number of anilines is 3. The summed E-state index contributed by atoms with van der Waals surface area (Å²) < 4.78 is 5.08. The first-order valence-corrected chi connectivity index (χ1v) is 7.70. The van der Waals surface area contributed by atoms with Crippen molar-refractivity contribution in [3.63, 3.8) is 0 Å². The molecule has 2 aromatic heterocycles. The summed E-state index contributed by atoms with van der Waals surface area (Å²) in [6, 6.07) is 10.8. The van der Waals surface area contributed by atoms with E-state index in [1.165, 1.54) is 11.3 Å². The molecule has 3 rings (SSSR count). The predicted octanol–water partition coefficient (Wildman–Crippen LogP) is 3.54. The van der Waals surface area contributed by atoms with Crippen LogP contribution in [0.4, 0.5) is 16.5 Å². The maximum atomic E-state index is 12.2. The predicted molar refractivity (Wildman–Crippen MR) is 90.6 cm³/mol. The average molecular weight is 326 g/mol. The summed E-state index contributed by atoms with van der Waals surface area (Å²) in [5, 5.41) is 8.25. The molecule has 0 aliphatic rings. The molecular weight excluding hydrogens is 312 g/mol. The third-order valence-corrected chi connectivity index (χ3v) is 3.76. The Morgan fingerprint density at radius 2 is 2.00 bits per heavy atom. The van der Waals surface area contributed by atoms with Gasteiger partial charge in [-0.1, -0.05) is 0 Å². The molecule has 0 saturated carbocycles. The number of amides is 1. The molecule has 116 valence electrons. The highest BCUT2D eigenvalue weighted by Crippen LogP contribution is 2.21. The molecule has 0 spiro atoms. The van der Waals surface area contributed by atoms with Gasteiger partial charge in [0.05, 0.1) is 19.0 Å². The number of nitrogens with one attached hydrogen (secondary N) is 2.